The standard InChI is InChI=1S/C18H16N4O2S/c1-14(15-6-8-17(9-7-15)22-11-10-20-13-22)21-25(23,24)18-5-3-2-4-16(18)12-19/h2-11,13-14,21H,1H3/t14-/m1/s1. The number of nitriles is 1. The van der Waals surface area contributed by atoms with Crippen molar-refractivity contribution in [2.75, 3.05) is 0 Å². The summed E-state index contributed by atoms with van der Waals surface area (Å²) in [6.07, 6.45) is 5.22. The second-order valence-corrected chi connectivity index (χ2v) is 7.19. The van der Waals surface area contributed by atoms with Gasteiger partial charge >= 0.3 is 0 Å². The van der Waals surface area contributed by atoms with Crippen molar-refractivity contribution in [1.29, 1.82) is 5.26 Å². The maximum atomic E-state index is 12.6. The normalized spacial score (nSPS) is 12.5. The summed E-state index contributed by atoms with van der Waals surface area (Å²) in [4.78, 5) is 3.98. The Morgan fingerprint density at radius 2 is 1.88 bits per heavy atom. The van der Waals surface area contributed by atoms with Gasteiger partial charge in [-0.05, 0) is 36.8 Å². The molecule has 0 unspecified atom stereocenters. The zero-order chi connectivity index (χ0) is 17.9. The Morgan fingerprint density at radius 3 is 2.52 bits per heavy atom. The summed E-state index contributed by atoms with van der Waals surface area (Å²) >= 11 is 0. The molecule has 3 aromatic rings. The molecule has 0 aliphatic carbocycles. The minimum absolute atomic E-state index is 0.0145. The highest BCUT2D eigenvalue weighted by Crippen LogP contribution is 2.20. The van der Waals surface area contributed by atoms with Crippen molar-refractivity contribution >= 4 is 10.0 Å². The van der Waals surface area contributed by atoms with Crippen LogP contribution in [0.5, 0.6) is 0 Å². The van der Waals surface area contributed by atoms with E-state index in [1.807, 2.05) is 41.1 Å². The minimum Gasteiger partial charge on any atom is -0.306 e. The highest BCUT2D eigenvalue weighted by atomic mass is 32.2. The van der Waals surface area contributed by atoms with Gasteiger partial charge in [0.25, 0.3) is 0 Å². The van der Waals surface area contributed by atoms with Crippen LogP contribution in [0, 0.1) is 11.3 Å². The van der Waals surface area contributed by atoms with Crippen molar-refractivity contribution in [2.45, 2.75) is 17.9 Å². The van der Waals surface area contributed by atoms with Gasteiger partial charge in [0.15, 0.2) is 0 Å². The highest BCUT2D eigenvalue weighted by molar-refractivity contribution is 7.89. The fraction of sp³-hybridized carbons (Fsp3) is 0.111. The van der Waals surface area contributed by atoms with Gasteiger partial charge < -0.3 is 4.57 Å². The highest BCUT2D eigenvalue weighted by Gasteiger charge is 2.21. The number of imidazole rings is 1. The average molecular weight is 352 g/mol. The summed E-state index contributed by atoms with van der Waals surface area (Å²) < 4.78 is 29.6. The Balaban J connectivity index is 1.82. The van der Waals surface area contributed by atoms with E-state index < -0.39 is 16.1 Å². The third kappa shape index (κ3) is 3.60. The molecule has 0 saturated carbocycles. The van der Waals surface area contributed by atoms with Gasteiger partial charge in [0.05, 0.1) is 16.8 Å². The number of nitrogens with zero attached hydrogens (tertiary/aromatic N) is 3. The molecule has 0 spiro atoms. The molecular formula is C18H16N4O2S. The van der Waals surface area contributed by atoms with Crippen LogP contribution in [0.25, 0.3) is 5.69 Å². The molecule has 126 valence electrons. The predicted molar refractivity (Wildman–Crippen MR) is 93.5 cm³/mol. The van der Waals surface area contributed by atoms with Crippen molar-refractivity contribution in [3.63, 3.8) is 0 Å². The quantitative estimate of drug-likeness (QED) is 0.765. The second kappa shape index (κ2) is 6.89. The lowest BCUT2D eigenvalue weighted by molar-refractivity contribution is 0.566. The van der Waals surface area contributed by atoms with E-state index in [0.29, 0.717) is 0 Å². The largest absolute Gasteiger partial charge is 0.306 e. The zero-order valence-corrected chi connectivity index (χ0v) is 14.3. The third-order valence-corrected chi connectivity index (χ3v) is 5.42. The maximum absolute atomic E-state index is 12.6. The molecule has 0 bridgehead atoms. The summed E-state index contributed by atoms with van der Waals surface area (Å²) in [5.41, 5.74) is 1.88. The summed E-state index contributed by atoms with van der Waals surface area (Å²) in [6.45, 7) is 1.76. The number of aromatic nitrogens is 2. The Labute approximate surface area is 146 Å². The van der Waals surface area contributed by atoms with E-state index in [0.717, 1.165) is 11.3 Å². The van der Waals surface area contributed by atoms with E-state index >= 15 is 0 Å². The minimum atomic E-state index is -3.79. The SMILES string of the molecule is C[C@@H](NS(=O)(=O)c1ccccc1C#N)c1ccc(-n2ccnc2)cc1. The first kappa shape index (κ1) is 16.9. The van der Waals surface area contributed by atoms with Gasteiger partial charge in [0, 0.05) is 24.1 Å². The molecule has 1 aromatic heterocycles. The van der Waals surface area contributed by atoms with E-state index in [4.69, 9.17) is 5.26 Å². The van der Waals surface area contributed by atoms with Gasteiger partial charge in [0.1, 0.15) is 6.07 Å². The van der Waals surface area contributed by atoms with Crippen LogP contribution in [-0.2, 0) is 10.0 Å². The van der Waals surface area contributed by atoms with Crippen molar-refractivity contribution in [3.05, 3.63) is 78.4 Å². The number of hydrogen-bond donors (Lipinski definition) is 1. The molecule has 0 aliphatic heterocycles. The fourth-order valence-corrected chi connectivity index (χ4v) is 3.89. The Hall–Kier alpha value is -2.95. The van der Waals surface area contributed by atoms with Crippen LogP contribution < -0.4 is 4.72 Å². The summed E-state index contributed by atoms with van der Waals surface area (Å²) in [5, 5.41) is 9.10. The molecule has 0 radical (unpaired) electrons. The molecule has 25 heavy (non-hydrogen) atoms. The van der Waals surface area contributed by atoms with Crippen LogP contribution >= 0.6 is 0 Å². The van der Waals surface area contributed by atoms with Crippen LogP contribution in [0.1, 0.15) is 24.1 Å². The molecule has 2 aromatic carbocycles. The molecule has 1 atom stereocenters. The van der Waals surface area contributed by atoms with Gasteiger partial charge in [-0.2, -0.15) is 5.26 Å². The monoisotopic (exact) mass is 352 g/mol. The smallest absolute Gasteiger partial charge is 0.242 e. The van der Waals surface area contributed by atoms with Crippen LogP contribution in [-0.4, -0.2) is 18.0 Å². The Kier molecular flexibility index (Phi) is 4.65. The van der Waals surface area contributed by atoms with Crippen LogP contribution in [0.3, 0.4) is 0 Å². The van der Waals surface area contributed by atoms with Crippen LogP contribution in [0.2, 0.25) is 0 Å². The number of hydrogen-bond acceptors (Lipinski definition) is 4. The van der Waals surface area contributed by atoms with Crippen molar-refractivity contribution < 1.29 is 8.42 Å². The first-order chi connectivity index (χ1) is 12.0. The summed E-state index contributed by atoms with van der Waals surface area (Å²) in [7, 11) is -3.79. The maximum Gasteiger partial charge on any atom is 0.242 e. The van der Waals surface area contributed by atoms with Gasteiger partial charge in [-0.15, -0.1) is 0 Å². The van der Waals surface area contributed by atoms with E-state index in [1.165, 1.54) is 12.1 Å². The van der Waals surface area contributed by atoms with Crippen molar-refractivity contribution in [2.24, 2.45) is 0 Å². The molecule has 0 fully saturated rings. The first-order valence-corrected chi connectivity index (χ1v) is 9.09. The molecule has 1 heterocycles. The van der Waals surface area contributed by atoms with Crippen LogP contribution in [0.4, 0.5) is 0 Å². The van der Waals surface area contributed by atoms with Gasteiger partial charge in [-0.25, -0.2) is 18.1 Å². The van der Waals surface area contributed by atoms with E-state index in [1.54, 1.807) is 31.6 Å². The van der Waals surface area contributed by atoms with Gasteiger partial charge in [0.2, 0.25) is 10.0 Å². The average Bonchev–Trinajstić information content (AvgIpc) is 3.16. The lowest BCUT2D eigenvalue weighted by Crippen LogP contribution is -2.27. The Bertz CT molecular complexity index is 1000. The van der Waals surface area contributed by atoms with E-state index in [2.05, 4.69) is 9.71 Å². The predicted octanol–water partition coefficient (Wildman–Crippen LogP) is 2.78. The second-order valence-electron chi connectivity index (χ2n) is 5.51. The molecular weight excluding hydrogens is 336 g/mol. The molecule has 0 saturated heterocycles. The molecule has 7 heteroatoms. The summed E-state index contributed by atoms with van der Waals surface area (Å²) in [5.74, 6) is 0. The van der Waals surface area contributed by atoms with Crippen molar-refractivity contribution in [1.82, 2.24) is 14.3 Å². The van der Waals surface area contributed by atoms with Crippen LogP contribution in [0.15, 0.2) is 72.1 Å². The molecule has 0 amide bonds. The fourth-order valence-electron chi connectivity index (χ4n) is 2.50. The zero-order valence-electron chi connectivity index (χ0n) is 13.5. The summed E-state index contributed by atoms with van der Waals surface area (Å²) in [6, 6.07) is 15.1. The van der Waals surface area contributed by atoms with Gasteiger partial charge in [-0.3, -0.25) is 0 Å². The molecule has 6 nitrogen and oxygen atoms in total. The lowest BCUT2D eigenvalue weighted by Gasteiger charge is -2.16. The Morgan fingerprint density at radius 1 is 1.16 bits per heavy atom. The number of benzene rings is 2. The van der Waals surface area contributed by atoms with Gasteiger partial charge in [-0.1, -0.05) is 24.3 Å². The number of sulfonamides is 1. The van der Waals surface area contributed by atoms with E-state index in [-0.39, 0.29) is 10.5 Å². The number of rotatable bonds is 5. The molecule has 0 aliphatic rings. The lowest BCUT2D eigenvalue weighted by atomic mass is 10.1. The first-order valence-electron chi connectivity index (χ1n) is 7.61. The molecule has 3 rings (SSSR count). The molecule has 1 N–H and O–H groups in total. The topological polar surface area (TPSA) is 87.8 Å². The van der Waals surface area contributed by atoms with E-state index in [9.17, 15) is 8.42 Å². The number of nitrogens with one attached hydrogen (secondary N) is 1. The third-order valence-electron chi connectivity index (χ3n) is 3.82. The van der Waals surface area contributed by atoms with Crippen molar-refractivity contribution in [3.8, 4) is 11.8 Å².